The number of anilines is 2. The number of aromatic nitrogens is 2. The van der Waals surface area contributed by atoms with Crippen molar-refractivity contribution in [3.05, 3.63) is 6.20 Å². The molecular weight excluding hydrogens is 256 g/mol. The van der Waals surface area contributed by atoms with E-state index in [4.69, 9.17) is 15.6 Å². The predicted molar refractivity (Wildman–Crippen MR) is 77.8 cm³/mol. The van der Waals surface area contributed by atoms with Gasteiger partial charge >= 0.3 is 0 Å². The Bertz CT molecular complexity index is 434. The van der Waals surface area contributed by atoms with Gasteiger partial charge < -0.3 is 20.5 Å². The standard InChI is InChI=1S/C14H24N4O2/c15-13-9-18(12-3-1-11(10-19)2-4-12)16-14(13)17-5-7-20-8-6-17/h9,11-12,19H,1-8,10,15H2. The van der Waals surface area contributed by atoms with Crippen molar-refractivity contribution in [3.63, 3.8) is 0 Å². The van der Waals surface area contributed by atoms with E-state index >= 15 is 0 Å². The van der Waals surface area contributed by atoms with Crippen LogP contribution < -0.4 is 10.6 Å². The number of aliphatic hydroxyl groups is 1. The lowest BCUT2D eigenvalue weighted by molar-refractivity contribution is 0.122. The van der Waals surface area contributed by atoms with Gasteiger partial charge in [0.1, 0.15) is 0 Å². The van der Waals surface area contributed by atoms with Gasteiger partial charge in [0.15, 0.2) is 5.82 Å². The summed E-state index contributed by atoms with van der Waals surface area (Å²) in [5.41, 5.74) is 6.89. The number of nitrogen functional groups attached to an aromatic ring is 1. The molecule has 0 spiro atoms. The Morgan fingerprint density at radius 2 is 1.95 bits per heavy atom. The number of nitrogens with two attached hydrogens (primary N) is 1. The zero-order valence-electron chi connectivity index (χ0n) is 11.9. The Hall–Kier alpha value is -1.27. The maximum absolute atomic E-state index is 9.21. The number of ether oxygens (including phenoxy) is 1. The quantitative estimate of drug-likeness (QED) is 0.864. The Labute approximate surface area is 119 Å². The molecule has 20 heavy (non-hydrogen) atoms. The number of nitrogens with zero attached hydrogens (tertiary/aromatic N) is 3. The molecule has 6 heteroatoms. The van der Waals surface area contributed by atoms with Crippen LogP contribution in [0.25, 0.3) is 0 Å². The molecule has 3 N–H and O–H groups in total. The van der Waals surface area contributed by atoms with Crippen molar-refractivity contribution < 1.29 is 9.84 Å². The fourth-order valence-corrected chi connectivity index (χ4v) is 3.20. The van der Waals surface area contributed by atoms with E-state index in [2.05, 4.69) is 4.90 Å². The van der Waals surface area contributed by atoms with E-state index in [-0.39, 0.29) is 0 Å². The Morgan fingerprint density at radius 3 is 2.60 bits per heavy atom. The number of morpholine rings is 1. The minimum atomic E-state index is 0.312. The fourth-order valence-electron chi connectivity index (χ4n) is 3.20. The van der Waals surface area contributed by atoms with Crippen LogP contribution in [0.2, 0.25) is 0 Å². The van der Waals surface area contributed by atoms with Crippen LogP contribution in [0.3, 0.4) is 0 Å². The van der Waals surface area contributed by atoms with E-state index in [0.717, 1.165) is 63.5 Å². The molecule has 1 aromatic rings. The summed E-state index contributed by atoms with van der Waals surface area (Å²) >= 11 is 0. The molecule has 2 fully saturated rings. The van der Waals surface area contributed by atoms with E-state index in [1.54, 1.807) is 0 Å². The summed E-state index contributed by atoms with van der Waals surface area (Å²) in [6.07, 6.45) is 6.28. The number of rotatable bonds is 3. The predicted octanol–water partition coefficient (Wildman–Crippen LogP) is 1.03. The molecule has 1 saturated carbocycles. The van der Waals surface area contributed by atoms with Gasteiger partial charge in [-0.2, -0.15) is 5.10 Å². The zero-order valence-corrected chi connectivity index (χ0v) is 11.9. The summed E-state index contributed by atoms with van der Waals surface area (Å²) < 4.78 is 7.40. The average molecular weight is 280 g/mol. The fraction of sp³-hybridized carbons (Fsp3) is 0.786. The van der Waals surface area contributed by atoms with E-state index in [1.807, 2.05) is 10.9 Å². The van der Waals surface area contributed by atoms with Crippen molar-refractivity contribution >= 4 is 11.5 Å². The summed E-state index contributed by atoms with van der Waals surface area (Å²) in [4.78, 5) is 2.20. The van der Waals surface area contributed by atoms with E-state index in [0.29, 0.717) is 18.6 Å². The highest BCUT2D eigenvalue weighted by Gasteiger charge is 2.24. The number of hydrogen-bond donors (Lipinski definition) is 2. The van der Waals surface area contributed by atoms with Crippen molar-refractivity contribution in [2.75, 3.05) is 43.5 Å². The molecular formula is C14H24N4O2. The smallest absolute Gasteiger partial charge is 0.174 e. The van der Waals surface area contributed by atoms with Crippen LogP contribution >= 0.6 is 0 Å². The van der Waals surface area contributed by atoms with Gasteiger partial charge in [-0.15, -0.1) is 0 Å². The maximum Gasteiger partial charge on any atom is 0.174 e. The van der Waals surface area contributed by atoms with Gasteiger partial charge in [-0.25, -0.2) is 0 Å². The molecule has 2 aliphatic rings. The van der Waals surface area contributed by atoms with Crippen LogP contribution in [0.4, 0.5) is 11.5 Å². The minimum absolute atomic E-state index is 0.312. The molecule has 0 radical (unpaired) electrons. The summed E-state index contributed by atoms with van der Waals surface area (Å²) in [5, 5.41) is 13.9. The highest BCUT2D eigenvalue weighted by Crippen LogP contribution is 2.33. The SMILES string of the molecule is Nc1cn(C2CCC(CO)CC2)nc1N1CCOCC1. The van der Waals surface area contributed by atoms with Gasteiger partial charge in [-0.05, 0) is 31.6 Å². The third-order valence-corrected chi connectivity index (χ3v) is 4.50. The topological polar surface area (TPSA) is 76.5 Å². The second kappa shape index (κ2) is 6.01. The molecule has 0 amide bonds. The van der Waals surface area contributed by atoms with Gasteiger partial charge in [-0.3, -0.25) is 4.68 Å². The molecule has 1 saturated heterocycles. The Balaban J connectivity index is 1.69. The number of hydrogen-bond acceptors (Lipinski definition) is 5. The summed E-state index contributed by atoms with van der Waals surface area (Å²) in [6, 6.07) is 0.426. The molecule has 0 unspecified atom stereocenters. The van der Waals surface area contributed by atoms with E-state index in [9.17, 15) is 5.11 Å². The molecule has 1 aliphatic carbocycles. The first-order valence-electron chi connectivity index (χ1n) is 7.56. The Morgan fingerprint density at radius 1 is 1.25 bits per heavy atom. The monoisotopic (exact) mass is 280 g/mol. The lowest BCUT2D eigenvalue weighted by Crippen LogP contribution is -2.37. The first-order valence-corrected chi connectivity index (χ1v) is 7.56. The van der Waals surface area contributed by atoms with Crippen molar-refractivity contribution in [2.24, 2.45) is 5.92 Å². The highest BCUT2D eigenvalue weighted by atomic mass is 16.5. The minimum Gasteiger partial charge on any atom is -0.396 e. The molecule has 3 rings (SSSR count). The first kappa shape index (κ1) is 13.7. The van der Waals surface area contributed by atoms with Crippen LogP contribution in [0, 0.1) is 5.92 Å². The summed E-state index contributed by atoms with van der Waals surface area (Å²) in [7, 11) is 0. The van der Waals surface area contributed by atoms with Gasteiger partial charge in [0.05, 0.1) is 31.1 Å². The third-order valence-electron chi connectivity index (χ3n) is 4.50. The second-order valence-corrected chi connectivity index (χ2v) is 5.84. The van der Waals surface area contributed by atoms with Crippen molar-refractivity contribution in [3.8, 4) is 0 Å². The van der Waals surface area contributed by atoms with Crippen LogP contribution in [0.5, 0.6) is 0 Å². The zero-order chi connectivity index (χ0) is 13.9. The largest absolute Gasteiger partial charge is 0.396 e. The van der Waals surface area contributed by atoms with Crippen LogP contribution in [0.1, 0.15) is 31.7 Å². The number of aliphatic hydroxyl groups excluding tert-OH is 1. The first-order chi connectivity index (χ1) is 9.78. The average Bonchev–Trinajstić information content (AvgIpc) is 2.90. The second-order valence-electron chi connectivity index (χ2n) is 5.84. The molecule has 2 heterocycles. The lowest BCUT2D eigenvalue weighted by Gasteiger charge is -2.28. The molecule has 6 nitrogen and oxygen atoms in total. The van der Waals surface area contributed by atoms with Crippen molar-refractivity contribution in [2.45, 2.75) is 31.7 Å². The van der Waals surface area contributed by atoms with Crippen LogP contribution in [-0.2, 0) is 4.74 Å². The van der Waals surface area contributed by atoms with E-state index < -0.39 is 0 Å². The van der Waals surface area contributed by atoms with Gasteiger partial charge in [-0.1, -0.05) is 0 Å². The van der Waals surface area contributed by atoms with Crippen molar-refractivity contribution in [1.29, 1.82) is 0 Å². The molecule has 1 aliphatic heterocycles. The Kier molecular flexibility index (Phi) is 4.12. The third kappa shape index (κ3) is 2.76. The van der Waals surface area contributed by atoms with Crippen LogP contribution in [-0.4, -0.2) is 47.8 Å². The van der Waals surface area contributed by atoms with Crippen LogP contribution in [0.15, 0.2) is 6.20 Å². The maximum atomic E-state index is 9.21. The highest BCUT2D eigenvalue weighted by molar-refractivity contribution is 5.61. The molecule has 1 aromatic heterocycles. The van der Waals surface area contributed by atoms with Gasteiger partial charge in [0, 0.05) is 19.7 Å². The molecule has 0 aromatic carbocycles. The van der Waals surface area contributed by atoms with Gasteiger partial charge in [0.2, 0.25) is 0 Å². The van der Waals surface area contributed by atoms with Crippen molar-refractivity contribution in [1.82, 2.24) is 9.78 Å². The summed E-state index contributed by atoms with van der Waals surface area (Å²) in [5.74, 6) is 1.37. The molecule has 0 bridgehead atoms. The van der Waals surface area contributed by atoms with Gasteiger partial charge in [0.25, 0.3) is 0 Å². The molecule has 112 valence electrons. The normalized spacial score (nSPS) is 27.8. The summed E-state index contributed by atoms with van der Waals surface area (Å²) in [6.45, 7) is 3.52. The van der Waals surface area contributed by atoms with E-state index in [1.165, 1.54) is 0 Å². The molecule has 0 atom stereocenters. The lowest BCUT2D eigenvalue weighted by atomic mass is 9.87.